The minimum atomic E-state index is -0.0835. The Labute approximate surface area is 141 Å². The molecule has 0 bridgehead atoms. The van der Waals surface area contributed by atoms with Gasteiger partial charge in [-0.2, -0.15) is 0 Å². The third-order valence-electron chi connectivity index (χ3n) is 4.23. The lowest BCUT2D eigenvalue weighted by Gasteiger charge is -2.30. The van der Waals surface area contributed by atoms with E-state index in [1.54, 1.807) is 21.0 Å². The number of hydrogen-bond donors (Lipinski definition) is 1. The molecule has 7 heteroatoms. The molecule has 0 saturated heterocycles. The summed E-state index contributed by atoms with van der Waals surface area (Å²) in [5.41, 5.74) is 0.657. The number of rotatable bonds is 5. The predicted octanol–water partition coefficient (Wildman–Crippen LogP) is 2.36. The van der Waals surface area contributed by atoms with Gasteiger partial charge >= 0.3 is 0 Å². The molecule has 2 amide bonds. The second-order valence-electron chi connectivity index (χ2n) is 6.39. The summed E-state index contributed by atoms with van der Waals surface area (Å²) in [6.07, 6.45) is 6.14. The van der Waals surface area contributed by atoms with Gasteiger partial charge in [0.25, 0.3) is 5.91 Å². The summed E-state index contributed by atoms with van der Waals surface area (Å²) < 4.78 is 0. The van der Waals surface area contributed by atoms with E-state index in [4.69, 9.17) is 0 Å². The lowest BCUT2D eigenvalue weighted by molar-refractivity contribution is -0.117. The molecule has 0 atom stereocenters. The van der Waals surface area contributed by atoms with Crippen molar-refractivity contribution in [1.82, 2.24) is 14.8 Å². The molecular weight excluding hydrogens is 312 g/mol. The summed E-state index contributed by atoms with van der Waals surface area (Å²) in [6, 6.07) is 0.499. The summed E-state index contributed by atoms with van der Waals surface area (Å²) in [7, 11) is 5.42. The number of aryl methyl sites for hydroxylation is 1. The van der Waals surface area contributed by atoms with Gasteiger partial charge in [-0.25, -0.2) is 4.98 Å². The zero-order valence-electron chi connectivity index (χ0n) is 14.4. The van der Waals surface area contributed by atoms with Crippen molar-refractivity contribution in [3.05, 3.63) is 10.6 Å². The maximum absolute atomic E-state index is 12.2. The van der Waals surface area contributed by atoms with Crippen molar-refractivity contribution in [2.45, 2.75) is 45.1 Å². The number of nitrogens with zero attached hydrogens (tertiary/aromatic N) is 3. The molecule has 1 aromatic heterocycles. The van der Waals surface area contributed by atoms with Crippen LogP contribution in [-0.2, 0) is 4.79 Å². The topological polar surface area (TPSA) is 65.5 Å². The second kappa shape index (κ2) is 7.88. The molecule has 1 fully saturated rings. The monoisotopic (exact) mass is 338 g/mol. The van der Waals surface area contributed by atoms with Crippen LogP contribution in [0.3, 0.4) is 0 Å². The van der Waals surface area contributed by atoms with Crippen LogP contribution in [0.15, 0.2) is 0 Å². The molecule has 23 heavy (non-hydrogen) atoms. The van der Waals surface area contributed by atoms with Gasteiger partial charge in [0.15, 0.2) is 5.13 Å². The Bertz CT molecular complexity index is 564. The number of anilines is 1. The highest BCUT2D eigenvalue weighted by Crippen LogP contribution is 2.24. The number of nitrogens with one attached hydrogen (secondary N) is 1. The molecule has 6 nitrogen and oxygen atoms in total. The Morgan fingerprint density at radius 1 is 1.22 bits per heavy atom. The second-order valence-corrected chi connectivity index (χ2v) is 7.39. The normalized spacial score (nSPS) is 15.7. The van der Waals surface area contributed by atoms with Crippen LogP contribution >= 0.6 is 11.3 Å². The van der Waals surface area contributed by atoms with Gasteiger partial charge in [-0.3, -0.25) is 14.5 Å². The van der Waals surface area contributed by atoms with Crippen molar-refractivity contribution < 1.29 is 9.59 Å². The molecule has 1 aromatic rings. The van der Waals surface area contributed by atoms with Gasteiger partial charge in [-0.05, 0) is 26.8 Å². The van der Waals surface area contributed by atoms with Crippen LogP contribution in [0, 0.1) is 6.92 Å². The van der Waals surface area contributed by atoms with E-state index in [1.807, 2.05) is 7.05 Å². The molecule has 0 aromatic carbocycles. The standard InChI is InChI=1S/C16H26N4O2S/c1-11-14(15(22)19(2)3)23-16(17-11)18-13(21)10-20(4)12-8-6-5-7-9-12/h12H,5-10H2,1-4H3,(H,17,18,21). The fraction of sp³-hybridized carbons (Fsp3) is 0.688. The van der Waals surface area contributed by atoms with E-state index >= 15 is 0 Å². The molecule has 1 aliphatic rings. The molecule has 0 radical (unpaired) electrons. The minimum Gasteiger partial charge on any atom is -0.344 e. The summed E-state index contributed by atoms with van der Waals surface area (Å²) >= 11 is 1.23. The van der Waals surface area contributed by atoms with Crippen LogP contribution in [0.4, 0.5) is 5.13 Å². The molecular formula is C16H26N4O2S. The highest BCUT2D eigenvalue weighted by molar-refractivity contribution is 7.17. The number of hydrogen-bond acceptors (Lipinski definition) is 5. The molecule has 0 spiro atoms. The Balaban J connectivity index is 1.92. The first kappa shape index (κ1) is 17.9. The van der Waals surface area contributed by atoms with Gasteiger partial charge in [-0.1, -0.05) is 30.6 Å². The van der Waals surface area contributed by atoms with E-state index < -0.39 is 0 Å². The Morgan fingerprint density at radius 2 is 1.87 bits per heavy atom. The quantitative estimate of drug-likeness (QED) is 0.895. The summed E-state index contributed by atoms with van der Waals surface area (Å²) in [6.45, 7) is 2.15. The van der Waals surface area contributed by atoms with E-state index in [0.717, 1.165) is 0 Å². The fourth-order valence-corrected chi connectivity index (χ4v) is 3.89. The Kier molecular flexibility index (Phi) is 6.12. The molecule has 0 unspecified atom stereocenters. The predicted molar refractivity (Wildman–Crippen MR) is 93.0 cm³/mol. The van der Waals surface area contributed by atoms with Crippen LogP contribution in [0.1, 0.15) is 47.5 Å². The van der Waals surface area contributed by atoms with E-state index in [9.17, 15) is 9.59 Å². The van der Waals surface area contributed by atoms with Gasteiger partial charge in [0.1, 0.15) is 4.88 Å². The average molecular weight is 338 g/mol. The van der Waals surface area contributed by atoms with Crippen LogP contribution in [0.25, 0.3) is 0 Å². The lowest BCUT2D eigenvalue weighted by Crippen LogP contribution is -2.39. The Morgan fingerprint density at radius 3 is 2.48 bits per heavy atom. The SMILES string of the molecule is Cc1nc(NC(=O)CN(C)C2CCCCC2)sc1C(=O)N(C)C. The highest BCUT2D eigenvalue weighted by atomic mass is 32.1. The maximum atomic E-state index is 12.2. The third-order valence-corrected chi connectivity index (χ3v) is 5.30. The number of aromatic nitrogens is 1. The van der Waals surface area contributed by atoms with E-state index in [1.165, 1.54) is 48.3 Å². The van der Waals surface area contributed by atoms with Gasteiger partial charge in [0.05, 0.1) is 12.2 Å². The van der Waals surface area contributed by atoms with Gasteiger partial charge in [0.2, 0.25) is 5.91 Å². The maximum Gasteiger partial charge on any atom is 0.265 e. The summed E-state index contributed by atoms with van der Waals surface area (Å²) in [4.78, 5) is 32.7. The molecule has 1 N–H and O–H groups in total. The summed E-state index contributed by atoms with van der Waals surface area (Å²) in [5, 5.41) is 3.32. The van der Waals surface area contributed by atoms with Crippen LogP contribution < -0.4 is 5.32 Å². The number of carbonyl (C=O) groups excluding carboxylic acids is 2. The number of thiazole rings is 1. The largest absolute Gasteiger partial charge is 0.344 e. The number of carbonyl (C=O) groups is 2. The first-order valence-electron chi connectivity index (χ1n) is 8.07. The molecule has 1 aliphatic carbocycles. The zero-order chi connectivity index (χ0) is 17.0. The molecule has 1 heterocycles. The lowest BCUT2D eigenvalue weighted by atomic mass is 9.94. The number of likely N-dealkylation sites (N-methyl/N-ethyl adjacent to an activating group) is 1. The van der Waals surface area contributed by atoms with Gasteiger partial charge in [0, 0.05) is 20.1 Å². The van der Waals surface area contributed by atoms with Crippen LogP contribution in [0.2, 0.25) is 0 Å². The third kappa shape index (κ3) is 4.75. The van der Waals surface area contributed by atoms with E-state index in [0.29, 0.717) is 28.3 Å². The number of amides is 2. The first-order valence-corrected chi connectivity index (χ1v) is 8.89. The van der Waals surface area contributed by atoms with E-state index in [-0.39, 0.29) is 11.8 Å². The minimum absolute atomic E-state index is 0.0734. The molecule has 128 valence electrons. The van der Waals surface area contributed by atoms with Crippen molar-refractivity contribution in [3.63, 3.8) is 0 Å². The van der Waals surface area contributed by atoms with Gasteiger partial charge in [-0.15, -0.1) is 0 Å². The fourth-order valence-electron chi connectivity index (χ4n) is 2.89. The van der Waals surface area contributed by atoms with Crippen LogP contribution in [0.5, 0.6) is 0 Å². The first-order chi connectivity index (χ1) is 10.9. The van der Waals surface area contributed by atoms with E-state index in [2.05, 4.69) is 15.2 Å². The zero-order valence-corrected chi connectivity index (χ0v) is 15.2. The molecule has 1 saturated carbocycles. The Hall–Kier alpha value is -1.47. The average Bonchev–Trinajstić information content (AvgIpc) is 2.87. The van der Waals surface area contributed by atoms with Crippen molar-refractivity contribution >= 4 is 28.3 Å². The van der Waals surface area contributed by atoms with Crippen molar-refractivity contribution in [2.75, 3.05) is 33.0 Å². The molecule has 0 aliphatic heterocycles. The van der Waals surface area contributed by atoms with Crippen molar-refractivity contribution in [3.8, 4) is 0 Å². The highest BCUT2D eigenvalue weighted by Gasteiger charge is 2.21. The van der Waals surface area contributed by atoms with Crippen LogP contribution in [-0.4, -0.2) is 60.3 Å². The smallest absolute Gasteiger partial charge is 0.265 e. The van der Waals surface area contributed by atoms with Crippen molar-refractivity contribution in [2.24, 2.45) is 0 Å². The van der Waals surface area contributed by atoms with Crippen molar-refractivity contribution in [1.29, 1.82) is 0 Å². The van der Waals surface area contributed by atoms with Gasteiger partial charge < -0.3 is 10.2 Å². The molecule has 2 rings (SSSR count). The summed E-state index contributed by atoms with van der Waals surface area (Å²) in [5.74, 6) is -0.157.